The molecule has 3 rings (SSSR count). The maximum atomic E-state index is 11.5. The van der Waals surface area contributed by atoms with Crippen LogP contribution in [0.1, 0.15) is 11.1 Å². The quantitative estimate of drug-likeness (QED) is 0.639. The Morgan fingerprint density at radius 2 is 1.46 bits per heavy atom. The molecular formula is C22H21NO3. The Bertz CT molecular complexity index is 834. The van der Waals surface area contributed by atoms with E-state index in [4.69, 9.17) is 4.74 Å². The molecule has 26 heavy (non-hydrogen) atoms. The Hall–Kier alpha value is -3.11. The lowest BCUT2D eigenvalue weighted by Gasteiger charge is -2.15. The number of nitrogens with one attached hydrogen (secondary N) is 1. The molecule has 0 spiro atoms. The Kier molecular flexibility index (Phi) is 6.01. The zero-order chi connectivity index (χ0) is 18.2. The second-order valence-electron chi connectivity index (χ2n) is 6.02. The van der Waals surface area contributed by atoms with Crippen LogP contribution in [0.25, 0.3) is 0 Å². The van der Waals surface area contributed by atoms with Gasteiger partial charge < -0.3 is 15.2 Å². The molecule has 2 N–H and O–H groups in total. The number of carbonyl (C=O) groups is 1. The number of hydrogen-bond donors (Lipinski definition) is 2. The third-order valence-electron chi connectivity index (χ3n) is 4.01. The SMILES string of the molecule is O=C(O)[C@@H](Cc1ccccc1)NCc1cccc(Oc2ccccc2)c1. The average molecular weight is 347 g/mol. The smallest absolute Gasteiger partial charge is 0.321 e. The van der Waals surface area contributed by atoms with Gasteiger partial charge in [-0.2, -0.15) is 0 Å². The normalized spacial score (nSPS) is 11.7. The van der Waals surface area contributed by atoms with Gasteiger partial charge in [-0.15, -0.1) is 0 Å². The van der Waals surface area contributed by atoms with E-state index in [1.165, 1.54) is 0 Å². The highest BCUT2D eigenvalue weighted by molar-refractivity contribution is 5.73. The highest BCUT2D eigenvalue weighted by Crippen LogP contribution is 2.21. The third-order valence-corrected chi connectivity index (χ3v) is 4.01. The summed E-state index contributed by atoms with van der Waals surface area (Å²) in [4.78, 5) is 11.5. The summed E-state index contributed by atoms with van der Waals surface area (Å²) in [6, 6.07) is 26.2. The minimum atomic E-state index is -0.856. The van der Waals surface area contributed by atoms with Crippen molar-refractivity contribution < 1.29 is 14.6 Å². The molecule has 0 bridgehead atoms. The van der Waals surface area contributed by atoms with Crippen LogP contribution in [0.2, 0.25) is 0 Å². The molecule has 3 aromatic rings. The zero-order valence-electron chi connectivity index (χ0n) is 14.3. The number of para-hydroxylation sites is 1. The number of aliphatic carboxylic acids is 1. The fraction of sp³-hybridized carbons (Fsp3) is 0.136. The van der Waals surface area contributed by atoms with Crippen molar-refractivity contribution in [3.63, 3.8) is 0 Å². The Labute approximate surface area is 153 Å². The van der Waals surface area contributed by atoms with Gasteiger partial charge in [-0.1, -0.05) is 60.7 Å². The molecule has 4 nitrogen and oxygen atoms in total. The van der Waals surface area contributed by atoms with Crippen LogP contribution in [0.15, 0.2) is 84.9 Å². The Morgan fingerprint density at radius 1 is 0.846 bits per heavy atom. The average Bonchev–Trinajstić information content (AvgIpc) is 2.67. The summed E-state index contributed by atoms with van der Waals surface area (Å²) in [5, 5.41) is 12.6. The van der Waals surface area contributed by atoms with Crippen LogP contribution < -0.4 is 10.1 Å². The first-order valence-electron chi connectivity index (χ1n) is 8.52. The number of carboxylic acid groups (broad SMARTS) is 1. The molecule has 0 amide bonds. The highest BCUT2D eigenvalue weighted by atomic mass is 16.5. The van der Waals surface area contributed by atoms with Crippen molar-refractivity contribution in [2.75, 3.05) is 0 Å². The largest absolute Gasteiger partial charge is 0.480 e. The lowest BCUT2D eigenvalue weighted by Crippen LogP contribution is -2.38. The molecule has 0 unspecified atom stereocenters. The number of carboxylic acids is 1. The molecule has 0 aliphatic rings. The van der Waals surface area contributed by atoms with Gasteiger partial charge in [0, 0.05) is 6.54 Å². The first-order valence-corrected chi connectivity index (χ1v) is 8.52. The minimum Gasteiger partial charge on any atom is -0.480 e. The molecule has 4 heteroatoms. The topological polar surface area (TPSA) is 58.6 Å². The standard InChI is InChI=1S/C22H21NO3/c24-22(25)21(15-17-8-3-1-4-9-17)23-16-18-10-7-13-20(14-18)26-19-11-5-2-6-12-19/h1-14,21,23H,15-16H2,(H,24,25)/t21-/m1/s1. The van der Waals surface area contributed by atoms with Gasteiger partial charge in [0.2, 0.25) is 0 Å². The highest BCUT2D eigenvalue weighted by Gasteiger charge is 2.17. The van der Waals surface area contributed by atoms with E-state index in [1.54, 1.807) is 0 Å². The van der Waals surface area contributed by atoms with Gasteiger partial charge in [-0.3, -0.25) is 4.79 Å². The summed E-state index contributed by atoms with van der Waals surface area (Å²) in [7, 11) is 0. The van der Waals surface area contributed by atoms with Crippen molar-refractivity contribution in [2.24, 2.45) is 0 Å². The van der Waals surface area contributed by atoms with E-state index in [1.807, 2.05) is 84.9 Å². The van der Waals surface area contributed by atoms with Gasteiger partial charge in [0.1, 0.15) is 17.5 Å². The monoisotopic (exact) mass is 347 g/mol. The predicted octanol–water partition coefficient (Wildman–Crippen LogP) is 4.26. The number of hydrogen-bond acceptors (Lipinski definition) is 3. The number of rotatable bonds is 8. The van der Waals surface area contributed by atoms with Crippen LogP contribution in [-0.4, -0.2) is 17.1 Å². The molecule has 0 fully saturated rings. The summed E-state index contributed by atoms with van der Waals surface area (Å²) in [6.45, 7) is 0.454. The van der Waals surface area contributed by atoms with E-state index in [2.05, 4.69) is 5.32 Å². The molecule has 0 aliphatic heterocycles. The first kappa shape index (κ1) is 17.7. The van der Waals surface area contributed by atoms with Gasteiger partial charge in [-0.25, -0.2) is 0 Å². The molecule has 0 saturated heterocycles. The van der Waals surface area contributed by atoms with Crippen LogP contribution in [0.4, 0.5) is 0 Å². The van der Waals surface area contributed by atoms with Crippen LogP contribution in [-0.2, 0) is 17.8 Å². The van der Waals surface area contributed by atoms with E-state index in [0.717, 1.165) is 22.6 Å². The van der Waals surface area contributed by atoms with Crippen molar-refractivity contribution >= 4 is 5.97 Å². The number of benzene rings is 3. The summed E-state index contributed by atoms with van der Waals surface area (Å²) in [5.74, 6) is 0.640. The fourth-order valence-electron chi connectivity index (χ4n) is 2.68. The maximum absolute atomic E-state index is 11.5. The van der Waals surface area contributed by atoms with E-state index in [9.17, 15) is 9.90 Å². The summed E-state index contributed by atoms with van der Waals surface area (Å²) in [6.07, 6.45) is 0.441. The van der Waals surface area contributed by atoms with Crippen LogP contribution in [0.3, 0.4) is 0 Å². The zero-order valence-corrected chi connectivity index (χ0v) is 14.3. The van der Waals surface area contributed by atoms with E-state index >= 15 is 0 Å². The Morgan fingerprint density at radius 3 is 2.15 bits per heavy atom. The lowest BCUT2D eigenvalue weighted by atomic mass is 10.1. The second-order valence-corrected chi connectivity index (χ2v) is 6.02. The van der Waals surface area contributed by atoms with E-state index in [0.29, 0.717) is 13.0 Å². The van der Waals surface area contributed by atoms with E-state index in [-0.39, 0.29) is 0 Å². The van der Waals surface area contributed by atoms with Crippen molar-refractivity contribution in [3.05, 3.63) is 96.1 Å². The molecule has 0 radical (unpaired) electrons. The van der Waals surface area contributed by atoms with Crippen molar-refractivity contribution in [1.82, 2.24) is 5.32 Å². The Balaban J connectivity index is 1.62. The van der Waals surface area contributed by atoms with Crippen LogP contribution in [0, 0.1) is 0 Å². The maximum Gasteiger partial charge on any atom is 0.321 e. The van der Waals surface area contributed by atoms with Crippen LogP contribution >= 0.6 is 0 Å². The third kappa shape index (κ3) is 5.19. The summed E-state index contributed by atoms with van der Waals surface area (Å²) in [5.41, 5.74) is 1.96. The number of ether oxygens (including phenoxy) is 1. The van der Waals surface area contributed by atoms with Crippen molar-refractivity contribution in [2.45, 2.75) is 19.0 Å². The molecule has 0 aromatic heterocycles. The first-order chi connectivity index (χ1) is 12.7. The van der Waals surface area contributed by atoms with Gasteiger partial charge in [-0.05, 0) is 41.8 Å². The van der Waals surface area contributed by atoms with Gasteiger partial charge in [0.25, 0.3) is 0 Å². The van der Waals surface area contributed by atoms with E-state index < -0.39 is 12.0 Å². The molecule has 1 atom stereocenters. The molecule has 0 heterocycles. The van der Waals surface area contributed by atoms with Crippen molar-refractivity contribution in [3.8, 4) is 11.5 Å². The predicted molar refractivity (Wildman–Crippen MR) is 101 cm³/mol. The van der Waals surface area contributed by atoms with Crippen LogP contribution in [0.5, 0.6) is 11.5 Å². The molecule has 0 aliphatic carbocycles. The molecule has 0 saturated carbocycles. The summed E-state index contributed by atoms with van der Waals surface area (Å²) >= 11 is 0. The molecule has 132 valence electrons. The fourth-order valence-corrected chi connectivity index (χ4v) is 2.68. The lowest BCUT2D eigenvalue weighted by molar-refractivity contribution is -0.139. The van der Waals surface area contributed by atoms with Gasteiger partial charge in [0.05, 0.1) is 0 Å². The molecule has 3 aromatic carbocycles. The summed E-state index contributed by atoms with van der Waals surface area (Å²) < 4.78 is 5.82. The second kappa shape index (κ2) is 8.83. The van der Waals surface area contributed by atoms with Crippen molar-refractivity contribution in [1.29, 1.82) is 0 Å². The molecular weight excluding hydrogens is 326 g/mol. The minimum absolute atomic E-state index is 0.441. The van der Waals surface area contributed by atoms with Gasteiger partial charge >= 0.3 is 5.97 Å². The van der Waals surface area contributed by atoms with Gasteiger partial charge in [0.15, 0.2) is 0 Å².